The third-order valence-corrected chi connectivity index (χ3v) is 4.01. The van der Waals surface area contributed by atoms with Gasteiger partial charge < -0.3 is 5.32 Å². The zero-order chi connectivity index (χ0) is 17.5. The zero-order valence-electron chi connectivity index (χ0n) is 13.2. The van der Waals surface area contributed by atoms with Gasteiger partial charge in [0.25, 0.3) is 5.91 Å². The maximum atomic E-state index is 12.7. The minimum absolute atomic E-state index is 0.117. The Bertz CT molecular complexity index is 784. The minimum Gasteiger partial charge on any atom is -0.348 e. The van der Waals surface area contributed by atoms with Crippen molar-refractivity contribution in [3.63, 3.8) is 0 Å². The molecule has 0 radical (unpaired) electrons. The molecule has 0 aromatic carbocycles. The van der Waals surface area contributed by atoms with Gasteiger partial charge in [-0.15, -0.1) is 0 Å². The van der Waals surface area contributed by atoms with E-state index in [1.807, 2.05) is 6.92 Å². The summed E-state index contributed by atoms with van der Waals surface area (Å²) in [5.74, 6) is 0.132. The molecule has 0 saturated carbocycles. The van der Waals surface area contributed by atoms with E-state index in [1.54, 1.807) is 6.20 Å². The summed E-state index contributed by atoms with van der Waals surface area (Å²) in [5.41, 5.74) is 0.729. The van der Waals surface area contributed by atoms with Crippen molar-refractivity contribution in [3.05, 3.63) is 40.7 Å². The van der Waals surface area contributed by atoms with Gasteiger partial charge >= 0.3 is 6.18 Å². The number of halogens is 3. The standard InChI is InChI=1S/C15H16F3N5O/c1-8-19-7-9-5-10(3-4-11(9)20-8)21-14(24)12-6-13(15(16,17)18)22-23(12)2/h6-7,10H,3-5H2,1-2H3,(H,21,24). The molecule has 1 N–H and O–H groups in total. The van der Waals surface area contributed by atoms with E-state index in [0.29, 0.717) is 25.1 Å². The van der Waals surface area contributed by atoms with E-state index in [4.69, 9.17) is 0 Å². The number of carbonyl (C=O) groups is 1. The van der Waals surface area contributed by atoms with Crippen LogP contribution in [0.1, 0.15) is 39.7 Å². The number of aryl methyl sites for hydroxylation is 3. The topological polar surface area (TPSA) is 72.7 Å². The molecule has 0 spiro atoms. The average molecular weight is 339 g/mol. The summed E-state index contributed by atoms with van der Waals surface area (Å²) in [6.45, 7) is 1.81. The van der Waals surface area contributed by atoms with Gasteiger partial charge in [0, 0.05) is 31.0 Å². The highest BCUT2D eigenvalue weighted by atomic mass is 19.4. The highest BCUT2D eigenvalue weighted by Gasteiger charge is 2.35. The van der Waals surface area contributed by atoms with E-state index in [-0.39, 0.29) is 11.7 Å². The lowest BCUT2D eigenvalue weighted by molar-refractivity contribution is -0.141. The molecule has 1 atom stereocenters. The number of hydrogen-bond donors (Lipinski definition) is 1. The number of rotatable bonds is 2. The van der Waals surface area contributed by atoms with Gasteiger partial charge in [-0.05, 0) is 31.7 Å². The third kappa shape index (κ3) is 3.24. The highest BCUT2D eigenvalue weighted by Crippen LogP contribution is 2.28. The lowest BCUT2D eigenvalue weighted by atomic mass is 9.92. The molecular weight excluding hydrogens is 323 g/mol. The second kappa shape index (κ2) is 5.88. The van der Waals surface area contributed by atoms with Crippen molar-refractivity contribution in [1.82, 2.24) is 25.1 Å². The van der Waals surface area contributed by atoms with E-state index in [9.17, 15) is 18.0 Å². The molecule has 0 fully saturated rings. The summed E-state index contributed by atoms with van der Waals surface area (Å²) in [6.07, 6.45) is -0.898. The number of fused-ring (bicyclic) bond motifs is 1. The fourth-order valence-electron chi connectivity index (χ4n) is 2.81. The van der Waals surface area contributed by atoms with Crippen molar-refractivity contribution in [2.45, 2.75) is 38.4 Å². The predicted molar refractivity (Wildman–Crippen MR) is 78.3 cm³/mol. The Hall–Kier alpha value is -2.45. The Morgan fingerprint density at radius 2 is 2.17 bits per heavy atom. The molecule has 24 heavy (non-hydrogen) atoms. The largest absolute Gasteiger partial charge is 0.435 e. The van der Waals surface area contributed by atoms with Crippen LogP contribution in [0.2, 0.25) is 0 Å². The predicted octanol–water partition coefficient (Wildman–Crippen LogP) is 1.82. The van der Waals surface area contributed by atoms with Crippen molar-refractivity contribution in [2.75, 3.05) is 0 Å². The van der Waals surface area contributed by atoms with Crippen LogP contribution in [0.25, 0.3) is 0 Å². The van der Waals surface area contributed by atoms with Crippen molar-refractivity contribution in [3.8, 4) is 0 Å². The van der Waals surface area contributed by atoms with Crippen LogP contribution < -0.4 is 5.32 Å². The molecule has 1 amide bonds. The molecule has 9 heteroatoms. The van der Waals surface area contributed by atoms with Crippen LogP contribution >= 0.6 is 0 Å². The summed E-state index contributed by atoms with van der Waals surface area (Å²) < 4.78 is 39.0. The molecule has 2 aromatic heterocycles. The second-order valence-corrected chi connectivity index (χ2v) is 5.84. The van der Waals surface area contributed by atoms with Gasteiger partial charge in [-0.2, -0.15) is 18.3 Å². The molecule has 1 aliphatic rings. The maximum absolute atomic E-state index is 12.7. The first-order valence-corrected chi connectivity index (χ1v) is 7.47. The molecule has 6 nitrogen and oxygen atoms in total. The Kier molecular flexibility index (Phi) is 4.02. The monoisotopic (exact) mass is 339 g/mol. The number of carbonyl (C=O) groups excluding carboxylic acids is 1. The van der Waals surface area contributed by atoms with E-state index in [2.05, 4.69) is 20.4 Å². The molecular formula is C15H16F3N5O. The Balaban J connectivity index is 1.72. The van der Waals surface area contributed by atoms with Crippen LogP contribution in [0, 0.1) is 6.92 Å². The van der Waals surface area contributed by atoms with Crippen molar-refractivity contribution < 1.29 is 18.0 Å². The van der Waals surface area contributed by atoms with Crippen LogP contribution in [0.4, 0.5) is 13.2 Å². The number of hydrogen-bond acceptors (Lipinski definition) is 4. The number of amides is 1. The second-order valence-electron chi connectivity index (χ2n) is 5.84. The summed E-state index contributed by atoms with van der Waals surface area (Å²) >= 11 is 0. The quantitative estimate of drug-likeness (QED) is 0.906. The maximum Gasteiger partial charge on any atom is 0.435 e. The number of alkyl halides is 3. The molecule has 1 aliphatic carbocycles. The van der Waals surface area contributed by atoms with Crippen LogP contribution in [0.3, 0.4) is 0 Å². The Morgan fingerprint density at radius 3 is 2.83 bits per heavy atom. The van der Waals surface area contributed by atoms with Crippen molar-refractivity contribution >= 4 is 5.91 Å². The zero-order valence-corrected chi connectivity index (χ0v) is 13.2. The van der Waals surface area contributed by atoms with Crippen molar-refractivity contribution in [2.24, 2.45) is 7.05 Å². The summed E-state index contributed by atoms with van der Waals surface area (Å²) in [6, 6.07) is 0.596. The third-order valence-electron chi connectivity index (χ3n) is 4.01. The molecule has 0 saturated heterocycles. The van der Waals surface area contributed by atoms with Crippen LogP contribution in [0.15, 0.2) is 12.3 Å². The summed E-state index contributed by atoms with van der Waals surface area (Å²) in [4.78, 5) is 20.8. The fraction of sp³-hybridized carbons (Fsp3) is 0.467. The minimum atomic E-state index is -4.57. The molecule has 1 unspecified atom stereocenters. The van der Waals surface area contributed by atoms with E-state index in [1.165, 1.54) is 7.05 Å². The molecule has 0 bridgehead atoms. The van der Waals surface area contributed by atoms with Gasteiger partial charge in [-0.3, -0.25) is 9.48 Å². The summed E-state index contributed by atoms with van der Waals surface area (Å²) in [7, 11) is 1.32. The van der Waals surface area contributed by atoms with E-state index < -0.39 is 17.8 Å². The average Bonchev–Trinajstić information content (AvgIpc) is 2.89. The molecule has 2 heterocycles. The van der Waals surface area contributed by atoms with Crippen LogP contribution in [-0.2, 0) is 26.1 Å². The highest BCUT2D eigenvalue weighted by molar-refractivity contribution is 5.92. The number of aromatic nitrogens is 4. The van der Waals surface area contributed by atoms with Gasteiger partial charge in [0.1, 0.15) is 11.5 Å². The lowest BCUT2D eigenvalue weighted by Gasteiger charge is -2.24. The van der Waals surface area contributed by atoms with Crippen LogP contribution in [0.5, 0.6) is 0 Å². The van der Waals surface area contributed by atoms with Gasteiger partial charge in [-0.25, -0.2) is 9.97 Å². The molecule has 3 rings (SSSR count). The normalized spacial score (nSPS) is 17.5. The van der Waals surface area contributed by atoms with E-state index in [0.717, 1.165) is 22.0 Å². The van der Waals surface area contributed by atoms with Gasteiger partial charge in [0.05, 0.1) is 0 Å². The molecule has 128 valence electrons. The Morgan fingerprint density at radius 1 is 1.42 bits per heavy atom. The SMILES string of the molecule is Cc1ncc2c(n1)CCC(NC(=O)c1cc(C(F)(F)F)nn1C)C2. The van der Waals surface area contributed by atoms with Gasteiger partial charge in [-0.1, -0.05) is 0 Å². The first kappa shape index (κ1) is 16.4. The van der Waals surface area contributed by atoms with Gasteiger partial charge in [0.15, 0.2) is 5.69 Å². The lowest BCUT2D eigenvalue weighted by Crippen LogP contribution is -2.39. The first-order valence-electron chi connectivity index (χ1n) is 7.47. The van der Waals surface area contributed by atoms with E-state index >= 15 is 0 Å². The molecule has 0 aliphatic heterocycles. The fourth-order valence-corrected chi connectivity index (χ4v) is 2.81. The smallest absolute Gasteiger partial charge is 0.348 e. The van der Waals surface area contributed by atoms with Crippen LogP contribution in [-0.4, -0.2) is 31.7 Å². The number of nitrogens with zero attached hydrogens (tertiary/aromatic N) is 4. The Labute approximate surface area is 136 Å². The first-order chi connectivity index (χ1) is 11.2. The summed E-state index contributed by atoms with van der Waals surface area (Å²) in [5, 5.41) is 6.13. The van der Waals surface area contributed by atoms with Gasteiger partial charge in [0.2, 0.25) is 0 Å². The van der Waals surface area contributed by atoms with Crippen molar-refractivity contribution in [1.29, 1.82) is 0 Å². The molecule has 2 aromatic rings. The number of nitrogens with one attached hydrogen (secondary N) is 1.